The van der Waals surface area contributed by atoms with Crippen molar-refractivity contribution in [2.75, 3.05) is 13.7 Å². The zero-order valence-corrected chi connectivity index (χ0v) is 18.4. The number of halogens is 1. The number of fused-ring (bicyclic) bond motifs is 1. The predicted octanol–water partition coefficient (Wildman–Crippen LogP) is 4.17. The number of aromatic hydroxyl groups is 1. The van der Waals surface area contributed by atoms with Crippen LogP contribution in [0.25, 0.3) is 11.3 Å². The standard InChI is InChI=1S/C22H19BrN4O4/c1-3-30-13-6-4-11(5-7-13)19-18-17(12-8-15(23)20(28)16(9-12)29-2)14(10-24)21(25)31-22(18)27-26-19/h4-9,17,28H,3,25H2,1-2H3,(H,26,27)/t17-/m1/s1. The molecule has 158 valence electrons. The number of hydrogen-bond donors (Lipinski definition) is 3. The Balaban J connectivity index is 1.90. The van der Waals surface area contributed by atoms with Crippen LogP contribution in [0.4, 0.5) is 0 Å². The summed E-state index contributed by atoms with van der Waals surface area (Å²) in [6, 6.07) is 13.1. The maximum atomic E-state index is 10.2. The van der Waals surface area contributed by atoms with E-state index in [0.29, 0.717) is 27.9 Å². The molecule has 0 spiro atoms. The third kappa shape index (κ3) is 3.55. The Bertz CT molecular complexity index is 1210. The molecule has 0 saturated carbocycles. The number of nitriles is 1. The highest BCUT2D eigenvalue weighted by Gasteiger charge is 2.36. The van der Waals surface area contributed by atoms with Gasteiger partial charge in [0, 0.05) is 5.56 Å². The number of aromatic nitrogens is 2. The largest absolute Gasteiger partial charge is 0.503 e. The molecule has 0 saturated heterocycles. The van der Waals surface area contributed by atoms with Crippen LogP contribution in [0.2, 0.25) is 0 Å². The maximum Gasteiger partial charge on any atom is 0.244 e. The summed E-state index contributed by atoms with van der Waals surface area (Å²) in [6.07, 6.45) is 0. The van der Waals surface area contributed by atoms with Crippen LogP contribution in [0, 0.1) is 11.3 Å². The van der Waals surface area contributed by atoms with Crippen LogP contribution in [0.5, 0.6) is 23.1 Å². The number of ether oxygens (including phenoxy) is 3. The van der Waals surface area contributed by atoms with Crippen molar-refractivity contribution in [2.45, 2.75) is 12.8 Å². The summed E-state index contributed by atoms with van der Waals surface area (Å²) >= 11 is 3.35. The van der Waals surface area contributed by atoms with E-state index >= 15 is 0 Å². The van der Waals surface area contributed by atoms with Gasteiger partial charge in [-0.3, -0.25) is 5.10 Å². The summed E-state index contributed by atoms with van der Waals surface area (Å²) in [4.78, 5) is 0. The van der Waals surface area contributed by atoms with Crippen molar-refractivity contribution in [1.29, 1.82) is 5.26 Å². The van der Waals surface area contributed by atoms with Crippen molar-refractivity contribution >= 4 is 15.9 Å². The zero-order chi connectivity index (χ0) is 22.1. The molecule has 8 nitrogen and oxygen atoms in total. The highest BCUT2D eigenvalue weighted by atomic mass is 79.9. The number of methoxy groups -OCH3 is 1. The van der Waals surface area contributed by atoms with Gasteiger partial charge in [0.25, 0.3) is 0 Å². The molecule has 1 aliphatic rings. The number of H-pyrrole nitrogens is 1. The summed E-state index contributed by atoms with van der Waals surface area (Å²) < 4.78 is 16.9. The van der Waals surface area contributed by atoms with Gasteiger partial charge in [-0.05, 0) is 64.8 Å². The summed E-state index contributed by atoms with van der Waals surface area (Å²) in [5.74, 6) is 0.662. The average Bonchev–Trinajstić information content (AvgIpc) is 3.18. The maximum absolute atomic E-state index is 10.2. The Morgan fingerprint density at radius 1 is 1.32 bits per heavy atom. The number of phenols is 1. The molecule has 0 fully saturated rings. The van der Waals surface area contributed by atoms with Gasteiger partial charge in [0.05, 0.1) is 35.4 Å². The second-order valence-electron chi connectivity index (χ2n) is 6.75. The van der Waals surface area contributed by atoms with E-state index in [-0.39, 0.29) is 28.8 Å². The lowest BCUT2D eigenvalue weighted by Crippen LogP contribution is -2.21. The summed E-state index contributed by atoms with van der Waals surface area (Å²) in [5.41, 5.74) is 9.15. The number of nitrogens with zero attached hydrogens (tertiary/aromatic N) is 2. The molecule has 0 aliphatic carbocycles. The molecule has 4 rings (SSSR count). The lowest BCUT2D eigenvalue weighted by molar-refractivity contribution is 0.340. The first-order valence-corrected chi connectivity index (χ1v) is 10.2. The van der Waals surface area contributed by atoms with Crippen LogP contribution < -0.4 is 19.9 Å². The summed E-state index contributed by atoms with van der Waals surface area (Å²) in [6.45, 7) is 2.49. The molecule has 0 amide bonds. The van der Waals surface area contributed by atoms with Crippen molar-refractivity contribution in [3.8, 4) is 40.5 Å². The summed E-state index contributed by atoms with van der Waals surface area (Å²) in [7, 11) is 1.46. The second kappa shape index (κ2) is 8.24. The number of benzene rings is 2. The molecule has 2 aromatic carbocycles. The fourth-order valence-corrected chi connectivity index (χ4v) is 4.06. The minimum atomic E-state index is -0.583. The first-order valence-electron chi connectivity index (χ1n) is 9.43. The molecule has 2 heterocycles. The van der Waals surface area contributed by atoms with Crippen LogP contribution in [0.1, 0.15) is 24.0 Å². The van der Waals surface area contributed by atoms with Crippen LogP contribution in [-0.2, 0) is 0 Å². The first kappa shape index (κ1) is 20.6. The molecule has 9 heteroatoms. The Morgan fingerprint density at radius 2 is 2.06 bits per heavy atom. The van der Waals surface area contributed by atoms with Gasteiger partial charge < -0.3 is 25.1 Å². The number of phenolic OH excluding ortho intramolecular Hbond substituents is 1. The van der Waals surface area contributed by atoms with Gasteiger partial charge in [-0.1, -0.05) is 0 Å². The van der Waals surface area contributed by atoms with E-state index in [4.69, 9.17) is 19.9 Å². The van der Waals surface area contributed by atoms with Gasteiger partial charge >= 0.3 is 0 Å². The summed E-state index contributed by atoms with van der Waals surface area (Å²) in [5, 5.41) is 27.4. The van der Waals surface area contributed by atoms with Crippen molar-refractivity contribution in [1.82, 2.24) is 10.2 Å². The van der Waals surface area contributed by atoms with E-state index in [1.165, 1.54) is 7.11 Å². The normalized spacial score (nSPS) is 15.1. The van der Waals surface area contributed by atoms with Crippen LogP contribution in [0.15, 0.2) is 52.3 Å². The lowest BCUT2D eigenvalue weighted by atomic mass is 9.83. The Morgan fingerprint density at radius 3 is 2.71 bits per heavy atom. The van der Waals surface area contributed by atoms with Crippen molar-refractivity contribution < 1.29 is 19.3 Å². The van der Waals surface area contributed by atoms with E-state index in [1.54, 1.807) is 12.1 Å². The molecule has 0 bridgehead atoms. The highest BCUT2D eigenvalue weighted by Crippen LogP contribution is 2.48. The molecule has 4 N–H and O–H groups in total. The Labute approximate surface area is 187 Å². The quantitative estimate of drug-likeness (QED) is 0.497. The van der Waals surface area contributed by atoms with Crippen molar-refractivity contribution in [2.24, 2.45) is 5.73 Å². The molecule has 0 radical (unpaired) electrons. The van der Waals surface area contributed by atoms with Gasteiger partial charge in [0.1, 0.15) is 17.4 Å². The van der Waals surface area contributed by atoms with Crippen LogP contribution in [-0.4, -0.2) is 29.0 Å². The third-order valence-corrected chi connectivity index (χ3v) is 5.60. The number of hydrogen-bond acceptors (Lipinski definition) is 7. The molecular formula is C22H19BrN4O4. The molecule has 31 heavy (non-hydrogen) atoms. The molecule has 0 unspecified atom stereocenters. The van der Waals surface area contributed by atoms with Gasteiger partial charge in [0.2, 0.25) is 11.8 Å². The first-order chi connectivity index (χ1) is 15.0. The monoisotopic (exact) mass is 482 g/mol. The van der Waals surface area contributed by atoms with Crippen molar-refractivity contribution in [3.05, 3.63) is 63.5 Å². The van der Waals surface area contributed by atoms with Crippen molar-refractivity contribution in [3.63, 3.8) is 0 Å². The number of nitrogens with one attached hydrogen (secondary N) is 1. The number of aromatic amines is 1. The smallest absolute Gasteiger partial charge is 0.244 e. The Hall–Kier alpha value is -3.64. The van der Waals surface area contributed by atoms with E-state index in [0.717, 1.165) is 11.3 Å². The van der Waals surface area contributed by atoms with Gasteiger partial charge in [-0.2, -0.15) is 5.26 Å². The SMILES string of the molecule is CCOc1ccc(-c2[nH]nc3c2[C@H](c2cc(Br)c(O)c(OC)c2)C(C#N)=C(N)O3)cc1. The zero-order valence-electron chi connectivity index (χ0n) is 16.8. The van der Waals surface area contributed by atoms with Gasteiger partial charge in [-0.25, -0.2) is 0 Å². The number of rotatable bonds is 5. The third-order valence-electron chi connectivity index (χ3n) is 5.00. The number of nitrogens with two attached hydrogens (primary N) is 1. The molecule has 1 atom stereocenters. The van der Waals surface area contributed by atoms with E-state index in [1.807, 2.05) is 31.2 Å². The highest BCUT2D eigenvalue weighted by molar-refractivity contribution is 9.10. The lowest BCUT2D eigenvalue weighted by Gasteiger charge is -2.25. The topological polar surface area (TPSA) is 126 Å². The van der Waals surface area contributed by atoms with Gasteiger partial charge in [0.15, 0.2) is 11.5 Å². The van der Waals surface area contributed by atoms with Crippen LogP contribution >= 0.6 is 15.9 Å². The second-order valence-corrected chi connectivity index (χ2v) is 7.61. The molecular weight excluding hydrogens is 464 g/mol. The van der Waals surface area contributed by atoms with E-state index in [2.05, 4.69) is 32.2 Å². The molecule has 1 aromatic heterocycles. The molecule has 1 aliphatic heterocycles. The van der Waals surface area contributed by atoms with E-state index < -0.39 is 5.92 Å². The number of allylic oxidation sites excluding steroid dienone is 1. The van der Waals surface area contributed by atoms with Gasteiger partial charge in [-0.15, -0.1) is 5.10 Å². The average molecular weight is 483 g/mol. The Kier molecular flexibility index (Phi) is 5.48. The fourth-order valence-electron chi connectivity index (χ4n) is 3.60. The predicted molar refractivity (Wildman–Crippen MR) is 117 cm³/mol. The minimum absolute atomic E-state index is 0.0205. The van der Waals surface area contributed by atoms with Crippen LogP contribution in [0.3, 0.4) is 0 Å². The molecule has 3 aromatic rings. The fraction of sp³-hybridized carbons (Fsp3) is 0.182. The minimum Gasteiger partial charge on any atom is -0.503 e. The van der Waals surface area contributed by atoms with E-state index in [9.17, 15) is 10.4 Å².